The number of benzene rings is 1. The van der Waals surface area contributed by atoms with Crippen LogP contribution in [0.2, 0.25) is 5.02 Å². The summed E-state index contributed by atoms with van der Waals surface area (Å²) in [5.74, 6) is 0.0763. The molecule has 1 atom stereocenters. The first kappa shape index (κ1) is 12.6. The van der Waals surface area contributed by atoms with Gasteiger partial charge in [0.2, 0.25) is 0 Å². The van der Waals surface area contributed by atoms with E-state index in [0.29, 0.717) is 17.1 Å². The molecule has 0 spiro atoms. The highest BCUT2D eigenvalue weighted by molar-refractivity contribution is 6.34. The molecule has 1 fully saturated rings. The third-order valence-electron chi connectivity index (χ3n) is 3.10. The number of likely N-dealkylation sites (tertiary alicyclic amines) is 1. The van der Waals surface area contributed by atoms with Gasteiger partial charge in [-0.25, -0.2) is 0 Å². The average Bonchev–Trinajstić information content (AvgIpc) is 2.77. The summed E-state index contributed by atoms with van der Waals surface area (Å²) < 4.78 is 5.27. The fourth-order valence-corrected chi connectivity index (χ4v) is 2.35. The van der Waals surface area contributed by atoms with Crippen LogP contribution in [0.5, 0.6) is 0 Å². The molecule has 1 unspecified atom stereocenters. The smallest absolute Gasteiger partial charge is 0.178 e. The first-order valence-electron chi connectivity index (χ1n) is 5.73. The minimum atomic E-state index is 0.0763. The molecule has 4 heteroatoms. The van der Waals surface area contributed by atoms with Crippen LogP contribution in [0.1, 0.15) is 16.8 Å². The quantitative estimate of drug-likeness (QED) is 0.771. The van der Waals surface area contributed by atoms with Crippen LogP contribution < -0.4 is 0 Å². The predicted octanol–water partition coefficient (Wildman–Crippen LogP) is 2.24. The summed E-state index contributed by atoms with van der Waals surface area (Å²) in [5.41, 5.74) is 0.607. The second kappa shape index (κ2) is 5.63. The highest BCUT2D eigenvalue weighted by Crippen LogP contribution is 2.17. The summed E-state index contributed by atoms with van der Waals surface area (Å²) in [5, 5.41) is 0.528. The summed E-state index contributed by atoms with van der Waals surface area (Å²) in [4.78, 5) is 14.2. The van der Waals surface area contributed by atoms with Crippen LogP contribution in [0, 0.1) is 0 Å². The number of halogens is 1. The second-order valence-corrected chi connectivity index (χ2v) is 4.69. The Labute approximate surface area is 106 Å². The van der Waals surface area contributed by atoms with Crippen molar-refractivity contribution in [2.45, 2.75) is 12.5 Å². The van der Waals surface area contributed by atoms with Crippen LogP contribution in [0.25, 0.3) is 0 Å². The van der Waals surface area contributed by atoms with E-state index in [1.54, 1.807) is 19.2 Å². The molecule has 0 N–H and O–H groups in total. The lowest BCUT2D eigenvalue weighted by Crippen LogP contribution is -2.29. The van der Waals surface area contributed by atoms with Crippen molar-refractivity contribution >= 4 is 17.4 Å². The first-order valence-corrected chi connectivity index (χ1v) is 6.11. The van der Waals surface area contributed by atoms with Crippen LogP contribution >= 0.6 is 11.6 Å². The number of carbonyl (C=O) groups excluding carboxylic acids is 1. The van der Waals surface area contributed by atoms with Crippen molar-refractivity contribution in [1.82, 2.24) is 4.90 Å². The Bertz CT molecular complexity index is 408. The van der Waals surface area contributed by atoms with Crippen LogP contribution in [-0.2, 0) is 4.74 Å². The summed E-state index contributed by atoms with van der Waals surface area (Å²) >= 11 is 6.00. The molecule has 3 nitrogen and oxygen atoms in total. The van der Waals surface area contributed by atoms with E-state index in [1.165, 1.54) is 0 Å². The second-order valence-electron chi connectivity index (χ2n) is 4.28. The van der Waals surface area contributed by atoms with Crippen molar-refractivity contribution in [3.05, 3.63) is 34.9 Å². The van der Waals surface area contributed by atoms with Gasteiger partial charge in [0.05, 0.1) is 17.7 Å². The lowest BCUT2D eigenvalue weighted by atomic mass is 10.1. The van der Waals surface area contributed by atoms with E-state index >= 15 is 0 Å². The van der Waals surface area contributed by atoms with Gasteiger partial charge in [-0.1, -0.05) is 23.7 Å². The maximum atomic E-state index is 12.0. The zero-order valence-electron chi connectivity index (χ0n) is 9.86. The van der Waals surface area contributed by atoms with E-state index in [2.05, 4.69) is 4.90 Å². The molecular formula is C13H16ClNO2. The highest BCUT2D eigenvalue weighted by Gasteiger charge is 2.24. The van der Waals surface area contributed by atoms with E-state index in [-0.39, 0.29) is 11.9 Å². The summed E-state index contributed by atoms with van der Waals surface area (Å²) in [7, 11) is 1.71. The normalized spacial score (nSPS) is 20.7. The Morgan fingerprint density at radius 3 is 2.94 bits per heavy atom. The number of Topliss-reactive ketones (excluding diaryl/α,β-unsaturated/α-hetero) is 1. The Hall–Kier alpha value is -0.900. The molecule has 1 aliphatic heterocycles. The molecule has 0 aliphatic carbocycles. The van der Waals surface area contributed by atoms with E-state index in [1.807, 2.05) is 12.1 Å². The largest absolute Gasteiger partial charge is 0.380 e. The number of carbonyl (C=O) groups is 1. The molecule has 1 saturated heterocycles. The molecular weight excluding hydrogens is 238 g/mol. The fourth-order valence-electron chi connectivity index (χ4n) is 2.11. The van der Waals surface area contributed by atoms with Gasteiger partial charge in [-0.2, -0.15) is 0 Å². The molecule has 0 radical (unpaired) electrons. The fraction of sp³-hybridized carbons (Fsp3) is 0.462. The minimum Gasteiger partial charge on any atom is -0.380 e. The lowest BCUT2D eigenvalue weighted by molar-refractivity contribution is 0.0899. The maximum absolute atomic E-state index is 12.0. The zero-order valence-corrected chi connectivity index (χ0v) is 10.6. The van der Waals surface area contributed by atoms with Crippen molar-refractivity contribution in [1.29, 1.82) is 0 Å². The highest BCUT2D eigenvalue weighted by atomic mass is 35.5. The van der Waals surface area contributed by atoms with Crippen molar-refractivity contribution in [3.63, 3.8) is 0 Å². The number of rotatable bonds is 4. The number of ether oxygens (including phenoxy) is 1. The van der Waals surface area contributed by atoms with Gasteiger partial charge in [0.1, 0.15) is 0 Å². The topological polar surface area (TPSA) is 29.5 Å². The zero-order chi connectivity index (χ0) is 12.3. The third-order valence-corrected chi connectivity index (χ3v) is 3.43. The summed E-state index contributed by atoms with van der Waals surface area (Å²) in [6, 6.07) is 7.18. The Morgan fingerprint density at radius 1 is 1.53 bits per heavy atom. The van der Waals surface area contributed by atoms with Crippen molar-refractivity contribution in [3.8, 4) is 0 Å². The van der Waals surface area contributed by atoms with Gasteiger partial charge >= 0.3 is 0 Å². The van der Waals surface area contributed by atoms with Crippen LogP contribution in [0.3, 0.4) is 0 Å². The molecule has 2 rings (SSSR count). The Balaban J connectivity index is 1.96. The summed E-state index contributed by atoms with van der Waals surface area (Å²) in [6.07, 6.45) is 1.25. The Kier molecular flexibility index (Phi) is 4.15. The predicted molar refractivity (Wildman–Crippen MR) is 67.6 cm³/mol. The summed E-state index contributed by atoms with van der Waals surface area (Å²) in [6.45, 7) is 2.16. The van der Waals surface area contributed by atoms with Crippen LogP contribution in [-0.4, -0.2) is 43.5 Å². The average molecular weight is 254 g/mol. The Morgan fingerprint density at radius 2 is 2.29 bits per heavy atom. The lowest BCUT2D eigenvalue weighted by Gasteiger charge is -2.14. The molecule has 1 aromatic carbocycles. The van der Waals surface area contributed by atoms with Crippen molar-refractivity contribution in [2.24, 2.45) is 0 Å². The molecule has 1 aliphatic rings. The van der Waals surface area contributed by atoms with E-state index in [0.717, 1.165) is 19.5 Å². The molecule has 1 heterocycles. The molecule has 1 aromatic rings. The van der Waals surface area contributed by atoms with Gasteiger partial charge in [-0.3, -0.25) is 9.69 Å². The van der Waals surface area contributed by atoms with Gasteiger partial charge in [0.25, 0.3) is 0 Å². The number of hydrogen-bond donors (Lipinski definition) is 0. The third kappa shape index (κ3) is 3.06. The molecule has 0 bridgehead atoms. The van der Waals surface area contributed by atoms with E-state index < -0.39 is 0 Å². The van der Waals surface area contributed by atoms with Gasteiger partial charge in [-0.05, 0) is 18.6 Å². The van der Waals surface area contributed by atoms with Crippen LogP contribution in [0.15, 0.2) is 24.3 Å². The van der Waals surface area contributed by atoms with Gasteiger partial charge < -0.3 is 4.74 Å². The molecule has 0 saturated carbocycles. The van der Waals surface area contributed by atoms with Gasteiger partial charge in [0.15, 0.2) is 5.78 Å². The number of methoxy groups -OCH3 is 1. The number of ketones is 1. The van der Waals surface area contributed by atoms with Gasteiger partial charge in [0, 0.05) is 25.8 Å². The van der Waals surface area contributed by atoms with Crippen molar-refractivity contribution < 1.29 is 9.53 Å². The van der Waals surface area contributed by atoms with Crippen LogP contribution in [0.4, 0.5) is 0 Å². The van der Waals surface area contributed by atoms with Crippen molar-refractivity contribution in [2.75, 3.05) is 26.7 Å². The van der Waals surface area contributed by atoms with Gasteiger partial charge in [-0.15, -0.1) is 0 Å². The molecule has 17 heavy (non-hydrogen) atoms. The number of nitrogens with zero attached hydrogens (tertiary/aromatic N) is 1. The van der Waals surface area contributed by atoms with E-state index in [4.69, 9.17) is 16.3 Å². The van der Waals surface area contributed by atoms with E-state index in [9.17, 15) is 4.79 Å². The SMILES string of the molecule is COC1CCN(CC(=O)c2ccccc2Cl)C1. The molecule has 0 amide bonds. The first-order chi connectivity index (χ1) is 8.20. The number of hydrogen-bond acceptors (Lipinski definition) is 3. The minimum absolute atomic E-state index is 0.0763. The molecule has 0 aromatic heterocycles. The monoisotopic (exact) mass is 253 g/mol. The molecule has 92 valence electrons. The standard InChI is InChI=1S/C13H16ClNO2/c1-17-10-6-7-15(8-10)9-13(16)11-4-2-3-5-12(11)14/h2-5,10H,6-9H2,1H3. The maximum Gasteiger partial charge on any atom is 0.178 e.